The molecule has 0 unspecified atom stereocenters. The molecule has 0 fully saturated rings. The van der Waals surface area contributed by atoms with E-state index in [4.69, 9.17) is 12.2 Å². The van der Waals surface area contributed by atoms with Crippen LogP contribution >= 0.6 is 12.2 Å². The lowest BCUT2D eigenvalue weighted by molar-refractivity contribution is 0.869. The molecule has 96 valence electrons. The van der Waals surface area contributed by atoms with Crippen molar-refractivity contribution in [1.29, 1.82) is 0 Å². The molecule has 2 aromatic carbocycles. The quantitative estimate of drug-likeness (QED) is 0.509. The Morgan fingerprint density at radius 2 is 1.63 bits per heavy atom. The Hall–Kier alpha value is -2.20. The number of rotatable bonds is 4. The zero-order chi connectivity index (χ0) is 13.3. The summed E-state index contributed by atoms with van der Waals surface area (Å²) in [6, 6.07) is 19.9. The second-order valence-corrected chi connectivity index (χ2v) is 4.36. The molecule has 0 saturated carbocycles. The van der Waals surface area contributed by atoms with Gasteiger partial charge in [-0.05, 0) is 23.3 Å². The molecule has 19 heavy (non-hydrogen) atoms. The third kappa shape index (κ3) is 4.89. The van der Waals surface area contributed by atoms with E-state index in [1.165, 1.54) is 5.56 Å². The Morgan fingerprint density at radius 3 is 2.32 bits per heavy atom. The standard InChI is InChI=1S/C15H15N3S/c19-15(16-11-13-7-3-1-4-8-13)18-17-12-14-9-5-2-6-10-14/h1-10,12H,11H2,(H2,16,18,19)/b17-12-. The lowest BCUT2D eigenvalue weighted by Gasteiger charge is -2.06. The van der Waals surface area contributed by atoms with Crippen LogP contribution in [0.2, 0.25) is 0 Å². The first-order valence-electron chi connectivity index (χ1n) is 6.00. The van der Waals surface area contributed by atoms with Crippen LogP contribution in [0.15, 0.2) is 65.8 Å². The zero-order valence-corrected chi connectivity index (χ0v) is 11.2. The Balaban J connectivity index is 1.75. The van der Waals surface area contributed by atoms with Crippen LogP contribution in [0.1, 0.15) is 11.1 Å². The molecule has 0 aliphatic carbocycles. The topological polar surface area (TPSA) is 36.4 Å². The third-order valence-corrected chi connectivity index (χ3v) is 2.71. The van der Waals surface area contributed by atoms with Crippen molar-refractivity contribution in [3.63, 3.8) is 0 Å². The summed E-state index contributed by atoms with van der Waals surface area (Å²) in [7, 11) is 0. The molecule has 0 aliphatic heterocycles. The second-order valence-electron chi connectivity index (χ2n) is 3.95. The normalized spacial score (nSPS) is 10.3. The van der Waals surface area contributed by atoms with Crippen LogP contribution in [-0.2, 0) is 6.54 Å². The average molecular weight is 269 g/mol. The molecule has 2 N–H and O–H groups in total. The van der Waals surface area contributed by atoms with Crippen molar-refractivity contribution in [2.45, 2.75) is 6.54 Å². The van der Waals surface area contributed by atoms with Gasteiger partial charge in [-0.2, -0.15) is 5.10 Å². The minimum atomic E-state index is 0.510. The summed E-state index contributed by atoms with van der Waals surface area (Å²) in [6.07, 6.45) is 1.73. The van der Waals surface area contributed by atoms with Crippen LogP contribution < -0.4 is 10.7 Å². The minimum absolute atomic E-state index is 0.510. The van der Waals surface area contributed by atoms with Crippen LogP contribution in [0.3, 0.4) is 0 Å². The van der Waals surface area contributed by atoms with E-state index in [0.29, 0.717) is 11.7 Å². The van der Waals surface area contributed by atoms with Gasteiger partial charge in [0.2, 0.25) is 0 Å². The molecular weight excluding hydrogens is 254 g/mol. The van der Waals surface area contributed by atoms with Gasteiger partial charge in [0.05, 0.1) is 6.21 Å². The van der Waals surface area contributed by atoms with Crippen molar-refractivity contribution in [2.24, 2.45) is 5.10 Å². The van der Waals surface area contributed by atoms with E-state index in [9.17, 15) is 0 Å². The van der Waals surface area contributed by atoms with Gasteiger partial charge in [0.25, 0.3) is 0 Å². The van der Waals surface area contributed by atoms with Gasteiger partial charge in [-0.1, -0.05) is 60.7 Å². The number of hydrazone groups is 1. The van der Waals surface area contributed by atoms with Gasteiger partial charge in [-0.25, -0.2) is 0 Å². The molecule has 3 nitrogen and oxygen atoms in total. The lowest BCUT2D eigenvalue weighted by atomic mass is 10.2. The average Bonchev–Trinajstić information content (AvgIpc) is 2.47. The van der Waals surface area contributed by atoms with Crippen LogP contribution in [0.25, 0.3) is 0 Å². The highest BCUT2D eigenvalue weighted by molar-refractivity contribution is 7.80. The number of hydrogen-bond donors (Lipinski definition) is 2. The fourth-order valence-corrected chi connectivity index (χ4v) is 1.65. The predicted octanol–water partition coefficient (Wildman–Crippen LogP) is 2.68. The van der Waals surface area contributed by atoms with Crippen molar-refractivity contribution < 1.29 is 0 Å². The third-order valence-electron chi connectivity index (χ3n) is 2.48. The highest BCUT2D eigenvalue weighted by Gasteiger charge is 1.93. The second kappa shape index (κ2) is 7.28. The van der Waals surface area contributed by atoms with Crippen molar-refractivity contribution in [1.82, 2.24) is 10.7 Å². The molecule has 0 spiro atoms. The fraction of sp³-hybridized carbons (Fsp3) is 0.0667. The molecule has 0 aromatic heterocycles. The van der Waals surface area contributed by atoms with Gasteiger partial charge in [0, 0.05) is 6.54 Å². The van der Waals surface area contributed by atoms with Gasteiger partial charge in [-0.15, -0.1) is 0 Å². The maximum atomic E-state index is 5.13. The zero-order valence-electron chi connectivity index (χ0n) is 10.4. The summed E-state index contributed by atoms with van der Waals surface area (Å²) in [4.78, 5) is 0. The number of hydrogen-bond acceptors (Lipinski definition) is 2. The Kier molecular flexibility index (Phi) is 5.07. The number of nitrogens with one attached hydrogen (secondary N) is 2. The fourth-order valence-electron chi connectivity index (χ4n) is 1.52. The van der Waals surface area contributed by atoms with Crippen molar-refractivity contribution >= 4 is 23.5 Å². The molecule has 4 heteroatoms. The summed E-state index contributed by atoms with van der Waals surface area (Å²) in [5, 5.41) is 7.68. The van der Waals surface area contributed by atoms with Crippen LogP contribution in [0, 0.1) is 0 Å². The largest absolute Gasteiger partial charge is 0.357 e. The maximum Gasteiger partial charge on any atom is 0.187 e. The molecule has 2 rings (SSSR count). The summed E-state index contributed by atoms with van der Waals surface area (Å²) in [5.41, 5.74) is 5.00. The highest BCUT2D eigenvalue weighted by Crippen LogP contribution is 1.97. The smallest absolute Gasteiger partial charge is 0.187 e. The van der Waals surface area contributed by atoms with E-state index in [1.54, 1.807) is 6.21 Å². The summed E-state index contributed by atoms with van der Waals surface area (Å²) in [6.45, 7) is 0.688. The Morgan fingerprint density at radius 1 is 1.00 bits per heavy atom. The van der Waals surface area contributed by atoms with Gasteiger partial charge in [-0.3, -0.25) is 5.43 Å². The van der Waals surface area contributed by atoms with Crippen molar-refractivity contribution in [3.8, 4) is 0 Å². The Bertz CT molecular complexity index is 538. The van der Waals surface area contributed by atoms with Gasteiger partial charge in [0.1, 0.15) is 0 Å². The van der Waals surface area contributed by atoms with E-state index in [1.807, 2.05) is 60.7 Å². The molecule has 0 bridgehead atoms. The molecule has 0 aliphatic rings. The van der Waals surface area contributed by atoms with E-state index in [0.717, 1.165) is 5.56 Å². The van der Waals surface area contributed by atoms with Crippen molar-refractivity contribution in [2.75, 3.05) is 0 Å². The van der Waals surface area contributed by atoms with Crippen molar-refractivity contribution in [3.05, 3.63) is 71.8 Å². The van der Waals surface area contributed by atoms with Gasteiger partial charge in [0.15, 0.2) is 5.11 Å². The van der Waals surface area contributed by atoms with Gasteiger partial charge >= 0.3 is 0 Å². The van der Waals surface area contributed by atoms with Crippen LogP contribution in [-0.4, -0.2) is 11.3 Å². The predicted molar refractivity (Wildman–Crippen MR) is 83.1 cm³/mol. The number of benzene rings is 2. The molecule has 0 amide bonds. The summed E-state index contributed by atoms with van der Waals surface area (Å²) < 4.78 is 0. The highest BCUT2D eigenvalue weighted by atomic mass is 32.1. The first-order valence-corrected chi connectivity index (χ1v) is 6.41. The maximum absolute atomic E-state index is 5.13. The first-order chi connectivity index (χ1) is 9.34. The number of thiocarbonyl (C=S) groups is 1. The van der Waals surface area contributed by atoms with Crippen LogP contribution in [0.5, 0.6) is 0 Å². The molecule has 0 saturated heterocycles. The molecule has 0 radical (unpaired) electrons. The lowest BCUT2D eigenvalue weighted by Crippen LogP contribution is -2.31. The first kappa shape index (κ1) is 13.2. The SMILES string of the molecule is S=C(NCc1ccccc1)N/N=C\c1ccccc1. The van der Waals surface area contributed by atoms with E-state index in [2.05, 4.69) is 15.8 Å². The molecule has 0 atom stereocenters. The summed E-state index contributed by atoms with van der Waals surface area (Å²) >= 11 is 5.13. The van der Waals surface area contributed by atoms with Crippen LogP contribution in [0.4, 0.5) is 0 Å². The minimum Gasteiger partial charge on any atom is -0.357 e. The summed E-state index contributed by atoms with van der Waals surface area (Å²) in [5.74, 6) is 0. The molecular formula is C15H15N3S. The monoisotopic (exact) mass is 269 g/mol. The molecule has 0 heterocycles. The van der Waals surface area contributed by atoms with Gasteiger partial charge < -0.3 is 5.32 Å². The Labute approximate surface area is 118 Å². The van der Waals surface area contributed by atoms with E-state index in [-0.39, 0.29) is 0 Å². The van der Waals surface area contributed by atoms with E-state index < -0.39 is 0 Å². The van der Waals surface area contributed by atoms with E-state index >= 15 is 0 Å². The molecule has 2 aromatic rings. The number of nitrogens with zero attached hydrogens (tertiary/aromatic N) is 1.